The Bertz CT molecular complexity index is 524. The van der Waals surface area contributed by atoms with E-state index in [0.29, 0.717) is 19.3 Å². The zero-order valence-electron chi connectivity index (χ0n) is 15.6. The molecule has 0 bridgehead atoms. The largest absolute Gasteiger partial charge is 0.481 e. The van der Waals surface area contributed by atoms with Gasteiger partial charge in [-0.3, -0.25) is 4.79 Å². The zero-order chi connectivity index (χ0) is 19.5. The minimum atomic E-state index is -0.821. The second-order valence-corrected chi connectivity index (χ2v) is 5.75. The van der Waals surface area contributed by atoms with Crippen LogP contribution in [0, 0.1) is 0 Å². The average molecular weight is 360 g/mol. The highest BCUT2D eigenvalue weighted by atomic mass is 16.4. The summed E-state index contributed by atoms with van der Waals surface area (Å²) >= 11 is 0. The lowest BCUT2D eigenvalue weighted by Crippen LogP contribution is -1.99. The number of hydrogen-bond donors (Lipinski definition) is 3. The van der Waals surface area contributed by atoms with E-state index in [4.69, 9.17) is 5.11 Å². The second-order valence-electron chi connectivity index (χ2n) is 5.75. The summed E-state index contributed by atoms with van der Waals surface area (Å²) in [4.78, 5) is 10.3. The van der Waals surface area contributed by atoms with Crippen LogP contribution in [0.15, 0.2) is 72.9 Å². The third-order valence-corrected chi connectivity index (χ3v) is 3.29. The lowest BCUT2D eigenvalue weighted by Gasteiger charge is -1.99. The van der Waals surface area contributed by atoms with Crippen LogP contribution in [0.2, 0.25) is 0 Å². The van der Waals surface area contributed by atoms with Gasteiger partial charge in [0.05, 0.1) is 12.2 Å². The lowest BCUT2D eigenvalue weighted by atomic mass is 10.2. The van der Waals surface area contributed by atoms with E-state index in [-0.39, 0.29) is 6.42 Å². The van der Waals surface area contributed by atoms with Crippen molar-refractivity contribution in [1.29, 1.82) is 0 Å². The molecular weight excluding hydrogens is 328 g/mol. The van der Waals surface area contributed by atoms with E-state index in [1.807, 2.05) is 12.2 Å². The van der Waals surface area contributed by atoms with E-state index in [0.717, 1.165) is 12.8 Å². The maximum absolute atomic E-state index is 10.3. The van der Waals surface area contributed by atoms with Crippen LogP contribution in [0.1, 0.15) is 45.4 Å². The van der Waals surface area contributed by atoms with Crippen LogP contribution in [0.4, 0.5) is 0 Å². The molecule has 0 spiro atoms. The van der Waals surface area contributed by atoms with Crippen LogP contribution in [-0.4, -0.2) is 33.5 Å². The van der Waals surface area contributed by atoms with Gasteiger partial charge in [0.15, 0.2) is 0 Å². The van der Waals surface area contributed by atoms with Gasteiger partial charge in [-0.15, -0.1) is 0 Å². The third kappa shape index (κ3) is 18.2. The van der Waals surface area contributed by atoms with Gasteiger partial charge < -0.3 is 15.3 Å². The summed E-state index contributed by atoms with van der Waals surface area (Å²) in [6, 6.07) is 0. The highest BCUT2D eigenvalue weighted by Crippen LogP contribution is 2.00. The van der Waals surface area contributed by atoms with Crippen LogP contribution >= 0.6 is 0 Å². The Balaban J connectivity index is 3.91. The summed E-state index contributed by atoms with van der Waals surface area (Å²) < 4.78 is 0. The number of hydrogen-bond acceptors (Lipinski definition) is 3. The quantitative estimate of drug-likeness (QED) is 0.315. The number of carbonyl (C=O) groups is 1. The number of aliphatic hydroxyl groups is 2. The van der Waals surface area contributed by atoms with E-state index < -0.39 is 18.2 Å². The summed E-state index contributed by atoms with van der Waals surface area (Å²) in [5, 5.41) is 28.0. The van der Waals surface area contributed by atoms with Gasteiger partial charge in [-0.2, -0.15) is 0 Å². The van der Waals surface area contributed by atoms with Crippen molar-refractivity contribution >= 4 is 5.97 Å². The van der Waals surface area contributed by atoms with Crippen molar-refractivity contribution < 1.29 is 20.1 Å². The first-order chi connectivity index (χ1) is 12.6. The molecule has 0 aliphatic heterocycles. The van der Waals surface area contributed by atoms with Gasteiger partial charge in [-0.25, -0.2) is 0 Å². The van der Waals surface area contributed by atoms with Crippen LogP contribution < -0.4 is 0 Å². The smallest absolute Gasteiger partial charge is 0.303 e. The van der Waals surface area contributed by atoms with Gasteiger partial charge in [-0.05, 0) is 32.1 Å². The van der Waals surface area contributed by atoms with E-state index in [9.17, 15) is 15.0 Å². The summed E-state index contributed by atoms with van der Waals surface area (Å²) in [5.74, 6) is -0.821. The van der Waals surface area contributed by atoms with Crippen molar-refractivity contribution in [2.24, 2.45) is 0 Å². The van der Waals surface area contributed by atoms with Gasteiger partial charge in [0.1, 0.15) is 0 Å². The fourth-order valence-corrected chi connectivity index (χ4v) is 1.90. The standard InChI is InChI=1S/C22H32O4/c1-2-3-4-5-6-10-15-20(23)16-11-7-8-12-17-21(24)18-13-9-14-19-22(25)26/h3-4,6-13,16-17,20-21,23-24H,2,5,14-15,18-19H2,1H3,(H,25,26)/b4-3-,8-7+,10-6-,13-9-,16-11-,17-12+/t20-,21-/m1/s1. The molecule has 0 aliphatic rings. The number of carboxylic acid groups (broad SMARTS) is 1. The predicted octanol–water partition coefficient (Wildman–Crippen LogP) is 4.49. The number of allylic oxidation sites excluding steroid dienone is 8. The molecule has 0 heterocycles. The van der Waals surface area contributed by atoms with Crippen molar-refractivity contribution in [3.8, 4) is 0 Å². The fourth-order valence-electron chi connectivity index (χ4n) is 1.90. The molecule has 0 unspecified atom stereocenters. The SMILES string of the molecule is CC/C=C\C/C=C\C[C@@H](O)\C=C/C=C/C=C/[C@@H](O)C/C=C\CCC(=O)O. The first-order valence-electron chi connectivity index (χ1n) is 9.10. The number of aliphatic hydroxyl groups excluding tert-OH is 2. The van der Waals surface area contributed by atoms with Crippen molar-refractivity contribution in [1.82, 2.24) is 0 Å². The Labute approximate surface area is 157 Å². The highest BCUT2D eigenvalue weighted by molar-refractivity contribution is 5.66. The van der Waals surface area contributed by atoms with E-state index in [2.05, 4.69) is 19.1 Å². The van der Waals surface area contributed by atoms with E-state index in [1.165, 1.54) is 0 Å². The van der Waals surface area contributed by atoms with E-state index >= 15 is 0 Å². The molecule has 0 saturated heterocycles. The monoisotopic (exact) mass is 360 g/mol. The molecule has 144 valence electrons. The first kappa shape index (κ1) is 23.8. The summed E-state index contributed by atoms with van der Waals surface area (Å²) in [5.41, 5.74) is 0. The van der Waals surface area contributed by atoms with Crippen LogP contribution in [0.3, 0.4) is 0 Å². The lowest BCUT2D eigenvalue weighted by molar-refractivity contribution is -0.136. The third-order valence-electron chi connectivity index (χ3n) is 3.29. The van der Waals surface area contributed by atoms with Crippen molar-refractivity contribution in [3.05, 3.63) is 72.9 Å². The van der Waals surface area contributed by atoms with Gasteiger partial charge in [-0.1, -0.05) is 79.8 Å². The van der Waals surface area contributed by atoms with Crippen LogP contribution in [0.25, 0.3) is 0 Å². The van der Waals surface area contributed by atoms with Crippen molar-refractivity contribution in [3.63, 3.8) is 0 Å². The molecule has 0 fully saturated rings. The normalized spacial score (nSPS) is 15.5. The Morgan fingerprint density at radius 2 is 1.35 bits per heavy atom. The zero-order valence-corrected chi connectivity index (χ0v) is 15.6. The highest BCUT2D eigenvalue weighted by Gasteiger charge is 1.95. The predicted molar refractivity (Wildman–Crippen MR) is 108 cm³/mol. The minimum Gasteiger partial charge on any atom is -0.481 e. The van der Waals surface area contributed by atoms with Crippen LogP contribution in [-0.2, 0) is 4.79 Å². The molecule has 0 aromatic carbocycles. The molecule has 0 saturated carbocycles. The molecule has 2 atom stereocenters. The molecule has 0 aliphatic carbocycles. The molecule has 0 amide bonds. The Morgan fingerprint density at radius 1 is 0.808 bits per heavy atom. The average Bonchev–Trinajstić information content (AvgIpc) is 2.60. The Kier molecular flexibility index (Phi) is 16.2. The fraction of sp³-hybridized carbons (Fsp3) is 0.409. The van der Waals surface area contributed by atoms with E-state index in [1.54, 1.807) is 48.6 Å². The van der Waals surface area contributed by atoms with Crippen molar-refractivity contribution in [2.45, 2.75) is 57.7 Å². The number of rotatable bonds is 14. The maximum Gasteiger partial charge on any atom is 0.303 e. The summed E-state index contributed by atoms with van der Waals surface area (Å²) in [6.07, 6.45) is 24.7. The van der Waals surface area contributed by atoms with Gasteiger partial charge in [0.25, 0.3) is 0 Å². The Hall–Kier alpha value is -2.17. The molecule has 4 nitrogen and oxygen atoms in total. The summed E-state index contributed by atoms with van der Waals surface area (Å²) in [7, 11) is 0. The second kappa shape index (κ2) is 17.6. The molecule has 4 heteroatoms. The Morgan fingerprint density at radius 3 is 1.88 bits per heavy atom. The van der Waals surface area contributed by atoms with Gasteiger partial charge in [0, 0.05) is 6.42 Å². The molecule has 0 aromatic rings. The topological polar surface area (TPSA) is 77.8 Å². The summed E-state index contributed by atoms with van der Waals surface area (Å²) in [6.45, 7) is 2.10. The maximum atomic E-state index is 10.3. The van der Waals surface area contributed by atoms with Crippen LogP contribution in [0.5, 0.6) is 0 Å². The molecule has 0 aromatic heterocycles. The number of carboxylic acids is 1. The molecule has 3 N–H and O–H groups in total. The molecule has 0 rings (SSSR count). The molecule has 0 radical (unpaired) electrons. The first-order valence-corrected chi connectivity index (χ1v) is 9.10. The molecular formula is C22H32O4. The van der Waals surface area contributed by atoms with Gasteiger partial charge in [0.2, 0.25) is 0 Å². The number of aliphatic carboxylic acids is 1. The van der Waals surface area contributed by atoms with Crippen molar-refractivity contribution in [2.75, 3.05) is 0 Å². The molecule has 26 heavy (non-hydrogen) atoms. The minimum absolute atomic E-state index is 0.106. The van der Waals surface area contributed by atoms with Gasteiger partial charge >= 0.3 is 5.97 Å².